The van der Waals surface area contributed by atoms with Gasteiger partial charge in [0.15, 0.2) is 0 Å². The van der Waals surface area contributed by atoms with Crippen LogP contribution in [0.5, 0.6) is 0 Å². The second-order valence-corrected chi connectivity index (χ2v) is 6.55. The van der Waals surface area contributed by atoms with Crippen molar-refractivity contribution in [3.8, 4) is 0 Å². The fraction of sp³-hybridized carbons (Fsp3) is 0.556. The summed E-state index contributed by atoms with van der Waals surface area (Å²) in [6.07, 6.45) is 11.3. The van der Waals surface area contributed by atoms with Crippen molar-refractivity contribution < 1.29 is 21.8 Å². The molecule has 0 aromatic rings. The molecule has 1 fully saturated rings. The Hall–Kier alpha value is -0.590. The van der Waals surface area contributed by atoms with Gasteiger partial charge in [0.2, 0.25) is 0 Å². The molecule has 0 radical (unpaired) electrons. The van der Waals surface area contributed by atoms with Gasteiger partial charge >= 0.3 is 95.4 Å². The fourth-order valence-corrected chi connectivity index (χ4v) is 5.02. The van der Waals surface area contributed by atoms with Gasteiger partial charge in [-0.2, -0.15) is 0 Å². The van der Waals surface area contributed by atoms with Crippen molar-refractivity contribution in [2.24, 2.45) is 0 Å². The number of hydrogen-bond acceptors (Lipinski definition) is 4. The van der Waals surface area contributed by atoms with Crippen molar-refractivity contribution in [3.63, 3.8) is 0 Å². The molecule has 14 heavy (non-hydrogen) atoms. The maximum atomic E-state index is 2.50. The first kappa shape index (κ1) is 8.70. The van der Waals surface area contributed by atoms with Crippen molar-refractivity contribution in [1.82, 2.24) is 16.0 Å². The fourth-order valence-electron chi connectivity index (χ4n) is 2.06. The van der Waals surface area contributed by atoms with Crippen LogP contribution in [0.3, 0.4) is 0 Å². The minimum atomic E-state index is -0.0173. The number of hydrogen-bond donors (Lipinski definition) is 0. The molecular formula is C9H14IN4-. The second-order valence-electron chi connectivity index (χ2n) is 3.89. The molecule has 0 aromatic carbocycles. The Labute approximate surface area is 95.4 Å². The van der Waals surface area contributed by atoms with Gasteiger partial charge in [0, 0.05) is 0 Å². The molecule has 78 valence electrons. The van der Waals surface area contributed by atoms with E-state index in [2.05, 4.69) is 54.9 Å². The summed E-state index contributed by atoms with van der Waals surface area (Å²) in [5, 5.41) is 0. The molecular weight excluding hydrogens is 291 g/mol. The van der Waals surface area contributed by atoms with Crippen molar-refractivity contribution >= 4 is 0 Å². The third kappa shape index (κ3) is 1.11. The molecule has 0 amide bonds. The predicted molar refractivity (Wildman–Crippen MR) is 49.7 cm³/mol. The maximum absolute atomic E-state index is 2.50. The van der Waals surface area contributed by atoms with E-state index in [9.17, 15) is 0 Å². The van der Waals surface area contributed by atoms with E-state index in [1.165, 1.54) is 6.42 Å². The Morgan fingerprint density at radius 1 is 0.929 bits per heavy atom. The molecule has 3 heterocycles. The molecule has 3 aliphatic rings. The Balaban J connectivity index is 1.82. The standard InChI is InChI=1S/C9H14IN4/c1-11-3-5-13-8(11)7-9-12(2)4-6-14(9)10-13/h3-6,8-9H,7H2,1-2H3/q-1/t8-,9+. The van der Waals surface area contributed by atoms with Crippen molar-refractivity contribution in [3.05, 3.63) is 24.8 Å². The third-order valence-corrected chi connectivity index (χ3v) is 5.92. The van der Waals surface area contributed by atoms with Crippen LogP contribution in [-0.2, 0) is 0 Å². The van der Waals surface area contributed by atoms with Gasteiger partial charge < -0.3 is 0 Å². The summed E-state index contributed by atoms with van der Waals surface area (Å²) >= 11 is -0.0173. The van der Waals surface area contributed by atoms with E-state index in [0.29, 0.717) is 12.3 Å². The van der Waals surface area contributed by atoms with Crippen molar-refractivity contribution in [2.75, 3.05) is 14.1 Å². The molecule has 0 bridgehead atoms. The van der Waals surface area contributed by atoms with Crippen LogP contribution >= 0.6 is 0 Å². The first-order valence-corrected chi connectivity index (χ1v) is 6.71. The van der Waals surface area contributed by atoms with E-state index in [4.69, 9.17) is 0 Å². The number of rotatable bonds is 0. The van der Waals surface area contributed by atoms with Crippen LogP contribution in [0.2, 0.25) is 0 Å². The van der Waals surface area contributed by atoms with Gasteiger partial charge in [-0.15, -0.1) is 0 Å². The topological polar surface area (TPSA) is 13.0 Å². The zero-order valence-corrected chi connectivity index (χ0v) is 10.5. The average molecular weight is 305 g/mol. The normalized spacial score (nSPS) is 34.7. The predicted octanol–water partition coefficient (Wildman–Crippen LogP) is -2.60. The summed E-state index contributed by atoms with van der Waals surface area (Å²) in [6.45, 7) is 0. The molecule has 0 aliphatic carbocycles. The van der Waals surface area contributed by atoms with E-state index in [1.807, 2.05) is 0 Å². The quantitative estimate of drug-likeness (QED) is 0.359. The van der Waals surface area contributed by atoms with Crippen LogP contribution in [0.15, 0.2) is 24.8 Å². The van der Waals surface area contributed by atoms with E-state index in [-0.39, 0.29) is 21.8 Å². The summed E-state index contributed by atoms with van der Waals surface area (Å²) in [5.41, 5.74) is 0. The monoisotopic (exact) mass is 305 g/mol. The zero-order valence-electron chi connectivity index (χ0n) is 8.34. The summed E-state index contributed by atoms with van der Waals surface area (Å²) in [4.78, 5) is 4.65. The van der Waals surface area contributed by atoms with Gasteiger partial charge in [-0.25, -0.2) is 0 Å². The molecule has 5 heteroatoms. The number of halogens is 1. The van der Waals surface area contributed by atoms with Gasteiger partial charge in [0.05, 0.1) is 0 Å². The van der Waals surface area contributed by atoms with Crippen molar-refractivity contribution in [1.29, 1.82) is 0 Å². The van der Waals surface area contributed by atoms with E-state index >= 15 is 0 Å². The summed E-state index contributed by atoms with van der Waals surface area (Å²) in [5.74, 6) is 0. The molecule has 3 aliphatic heterocycles. The molecule has 1 saturated heterocycles. The third-order valence-electron chi connectivity index (χ3n) is 2.99. The van der Waals surface area contributed by atoms with Gasteiger partial charge in [-0.3, -0.25) is 0 Å². The molecule has 0 saturated carbocycles. The minimum absolute atomic E-state index is 0.0173. The first-order chi connectivity index (χ1) is 6.75. The molecule has 0 unspecified atom stereocenters. The van der Waals surface area contributed by atoms with Crippen molar-refractivity contribution in [2.45, 2.75) is 18.8 Å². The van der Waals surface area contributed by atoms with Crippen LogP contribution in [-0.4, -0.2) is 42.5 Å². The Morgan fingerprint density at radius 3 is 1.93 bits per heavy atom. The van der Waals surface area contributed by atoms with Gasteiger partial charge in [0.25, 0.3) is 0 Å². The molecule has 3 rings (SSSR count). The SMILES string of the molecule is CN1C=CN2[I-]N3C=CN(C)[C@@H]3C[C@H]12. The molecule has 2 atom stereocenters. The number of nitrogens with zero attached hydrogens (tertiary/aromatic N) is 4. The van der Waals surface area contributed by atoms with E-state index in [1.54, 1.807) is 0 Å². The zero-order chi connectivity index (χ0) is 9.71. The Bertz CT molecular complexity index is 275. The van der Waals surface area contributed by atoms with Gasteiger partial charge in [0.1, 0.15) is 0 Å². The van der Waals surface area contributed by atoms with Crippen LogP contribution in [0.1, 0.15) is 6.42 Å². The molecule has 0 N–H and O–H groups in total. The van der Waals surface area contributed by atoms with E-state index in [0.717, 1.165) is 0 Å². The molecule has 0 spiro atoms. The molecule has 0 aromatic heterocycles. The van der Waals surface area contributed by atoms with Crippen LogP contribution < -0.4 is 21.8 Å². The van der Waals surface area contributed by atoms with E-state index < -0.39 is 0 Å². The van der Waals surface area contributed by atoms with Crippen LogP contribution in [0, 0.1) is 0 Å². The molecule has 4 nitrogen and oxygen atoms in total. The van der Waals surface area contributed by atoms with Crippen LogP contribution in [0.4, 0.5) is 0 Å². The Kier molecular flexibility index (Phi) is 1.83. The number of fused-ring (bicyclic) bond motifs is 2. The average Bonchev–Trinajstić information content (AvgIpc) is 2.71. The summed E-state index contributed by atoms with van der Waals surface area (Å²) < 4.78 is 5.00. The van der Waals surface area contributed by atoms with Crippen LogP contribution in [0.25, 0.3) is 0 Å². The first-order valence-electron chi connectivity index (χ1n) is 4.78. The second kappa shape index (κ2) is 2.95. The summed E-state index contributed by atoms with van der Waals surface area (Å²) in [6, 6.07) is 0. The summed E-state index contributed by atoms with van der Waals surface area (Å²) in [7, 11) is 4.34. The van der Waals surface area contributed by atoms with Gasteiger partial charge in [-0.1, -0.05) is 0 Å². The Morgan fingerprint density at radius 2 is 1.43 bits per heavy atom. The van der Waals surface area contributed by atoms with Gasteiger partial charge in [-0.05, 0) is 0 Å².